The zero-order chi connectivity index (χ0) is 11.3. The van der Waals surface area contributed by atoms with Gasteiger partial charge in [0.25, 0.3) is 0 Å². The predicted molar refractivity (Wildman–Crippen MR) is 57.1 cm³/mol. The van der Waals surface area contributed by atoms with Gasteiger partial charge in [0, 0.05) is 17.5 Å². The summed E-state index contributed by atoms with van der Waals surface area (Å²) in [6.45, 7) is 0. The fraction of sp³-hybridized carbons (Fsp3) is 0.818. The number of carbonyl (C=O) groups is 1. The third kappa shape index (κ3) is 1.50. The van der Waals surface area contributed by atoms with Crippen LogP contribution in [0.5, 0.6) is 0 Å². The number of amides is 1. The Kier molecular flexibility index (Phi) is 2.01. The van der Waals surface area contributed by atoms with Gasteiger partial charge in [-0.3, -0.25) is 0 Å². The van der Waals surface area contributed by atoms with Crippen LogP contribution in [0.1, 0.15) is 32.1 Å². The van der Waals surface area contributed by atoms with Crippen LogP contribution in [-0.4, -0.2) is 27.6 Å². The summed E-state index contributed by atoms with van der Waals surface area (Å²) in [6, 6.07) is 0. The molecule has 0 radical (unpaired) electrons. The van der Waals surface area contributed by atoms with E-state index in [9.17, 15) is 9.90 Å². The maximum atomic E-state index is 10.4. The highest BCUT2D eigenvalue weighted by Gasteiger charge is 2.53. The molecule has 2 atom stereocenters. The van der Waals surface area contributed by atoms with Crippen molar-refractivity contribution in [3.05, 3.63) is 0 Å². The lowest BCUT2D eigenvalue weighted by atomic mass is 9.53. The van der Waals surface area contributed by atoms with Gasteiger partial charge in [-0.1, -0.05) is 0 Å². The van der Waals surface area contributed by atoms with Gasteiger partial charge >= 0.3 is 6.09 Å². The molecule has 4 saturated carbocycles. The van der Waals surface area contributed by atoms with Crippen LogP contribution in [-0.2, 0) is 0 Å². The first kappa shape index (κ1) is 10.1. The molecule has 4 aliphatic carbocycles. The number of hydrogen-bond acceptors (Lipinski definition) is 3. The van der Waals surface area contributed by atoms with Crippen molar-refractivity contribution in [1.29, 1.82) is 0 Å². The van der Waals surface area contributed by atoms with E-state index in [2.05, 4.69) is 10.5 Å². The van der Waals surface area contributed by atoms with Gasteiger partial charge in [-0.2, -0.15) is 5.10 Å². The average molecular weight is 224 g/mol. The maximum Gasteiger partial charge on any atom is 0.425 e. The number of hydrogen-bond donors (Lipinski definition) is 3. The minimum Gasteiger partial charge on any atom is -0.464 e. The lowest BCUT2D eigenvalue weighted by molar-refractivity contribution is -0.0825. The van der Waals surface area contributed by atoms with Crippen LogP contribution in [0.4, 0.5) is 4.79 Å². The monoisotopic (exact) mass is 224 g/mol. The SMILES string of the molecule is O=C(O)NN=C1C2CC3CC1CC(O)(C3)C2. The molecule has 5 nitrogen and oxygen atoms in total. The summed E-state index contributed by atoms with van der Waals surface area (Å²) in [6.07, 6.45) is 3.48. The Morgan fingerprint density at radius 3 is 2.44 bits per heavy atom. The normalized spacial score (nSPS) is 44.6. The molecule has 0 saturated heterocycles. The highest BCUT2D eigenvalue weighted by Crippen LogP contribution is 2.54. The van der Waals surface area contributed by atoms with Crippen molar-refractivity contribution >= 4 is 11.8 Å². The first-order chi connectivity index (χ1) is 7.56. The second kappa shape index (κ2) is 3.20. The fourth-order valence-electron chi connectivity index (χ4n) is 4.02. The number of aliphatic hydroxyl groups is 1. The molecule has 0 spiro atoms. The van der Waals surface area contributed by atoms with E-state index in [0.717, 1.165) is 37.8 Å². The van der Waals surface area contributed by atoms with Crippen LogP contribution in [0, 0.1) is 17.8 Å². The molecule has 0 aromatic carbocycles. The van der Waals surface area contributed by atoms with E-state index in [1.54, 1.807) is 0 Å². The van der Waals surface area contributed by atoms with Crippen molar-refractivity contribution in [2.75, 3.05) is 0 Å². The number of carboxylic acid groups (broad SMARTS) is 1. The van der Waals surface area contributed by atoms with Gasteiger partial charge in [0.05, 0.1) is 5.60 Å². The van der Waals surface area contributed by atoms with Crippen LogP contribution in [0.15, 0.2) is 5.10 Å². The molecule has 5 heteroatoms. The number of nitrogens with zero attached hydrogens (tertiary/aromatic N) is 1. The summed E-state index contributed by atoms with van der Waals surface area (Å²) >= 11 is 0. The van der Waals surface area contributed by atoms with Gasteiger partial charge in [0.15, 0.2) is 0 Å². The second-order valence-corrected chi connectivity index (χ2v) is 5.52. The molecule has 3 N–H and O–H groups in total. The van der Waals surface area contributed by atoms with E-state index in [-0.39, 0.29) is 0 Å². The Labute approximate surface area is 93.5 Å². The average Bonchev–Trinajstić information content (AvgIpc) is 2.13. The third-order valence-electron chi connectivity index (χ3n) is 4.27. The highest BCUT2D eigenvalue weighted by molar-refractivity contribution is 5.91. The van der Waals surface area contributed by atoms with E-state index in [0.29, 0.717) is 17.8 Å². The smallest absolute Gasteiger partial charge is 0.425 e. The summed E-state index contributed by atoms with van der Waals surface area (Å²) in [7, 11) is 0. The van der Waals surface area contributed by atoms with Crippen LogP contribution >= 0.6 is 0 Å². The summed E-state index contributed by atoms with van der Waals surface area (Å²) in [5.74, 6) is 1.21. The van der Waals surface area contributed by atoms with Crippen molar-refractivity contribution in [1.82, 2.24) is 5.43 Å². The molecule has 0 heterocycles. The van der Waals surface area contributed by atoms with Crippen LogP contribution < -0.4 is 5.43 Å². The standard InChI is InChI=1S/C11H16N2O3/c14-10(15)13-12-9-7-1-6-2-8(9)5-11(16,3-6)4-7/h6-8,13,16H,1-5H2,(H,14,15). The molecule has 1 amide bonds. The van der Waals surface area contributed by atoms with E-state index in [1.165, 1.54) is 0 Å². The first-order valence-electron chi connectivity index (χ1n) is 5.84. The summed E-state index contributed by atoms with van der Waals surface area (Å²) in [4.78, 5) is 10.4. The van der Waals surface area contributed by atoms with Crippen molar-refractivity contribution in [2.45, 2.75) is 37.7 Å². The lowest BCUT2D eigenvalue weighted by Crippen LogP contribution is -2.55. The van der Waals surface area contributed by atoms with Crippen molar-refractivity contribution in [3.8, 4) is 0 Å². The molecule has 4 rings (SSSR count). The Morgan fingerprint density at radius 2 is 1.94 bits per heavy atom. The molecule has 0 aliphatic heterocycles. The van der Waals surface area contributed by atoms with Gasteiger partial charge in [-0.15, -0.1) is 0 Å². The molecule has 4 bridgehead atoms. The molecule has 88 valence electrons. The largest absolute Gasteiger partial charge is 0.464 e. The summed E-state index contributed by atoms with van der Waals surface area (Å²) < 4.78 is 0. The van der Waals surface area contributed by atoms with E-state index in [4.69, 9.17) is 5.11 Å². The summed E-state index contributed by atoms with van der Waals surface area (Å²) in [5.41, 5.74) is 2.60. The molecule has 4 fully saturated rings. The summed E-state index contributed by atoms with van der Waals surface area (Å²) in [5, 5.41) is 22.9. The molecule has 4 aliphatic rings. The molecular formula is C11H16N2O3. The molecule has 16 heavy (non-hydrogen) atoms. The van der Waals surface area contributed by atoms with Crippen LogP contribution in [0.2, 0.25) is 0 Å². The van der Waals surface area contributed by atoms with Crippen molar-refractivity contribution in [3.63, 3.8) is 0 Å². The molecule has 2 unspecified atom stereocenters. The minimum atomic E-state index is -1.11. The zero-order valence-corrected chi connectivity index (χ0v) is 9.02. The number of nitrogens with one attached hydrogen (secondary N) is 1. The zero-order valence-electron chi connectivity index (χ0n) is 9.02. The van der Waals surface area contributed by atoms with Gasteiger partial charge < -0.3 is 10.2 Å². The minimum absolute atomic E-state index is 0.295. The van der Waals surface area contributed by atoms with Gasteiger partial charge in [0.2, 0.25) is 0 Å². The third-order valence-corrected chi connectivity index (χ3v) is 4.27. The first-order valence-corrected chi connectivity index (χ1v) is 5.84. The van der Waals surface area contributed by atoms with Gasteiger partial charge in [-0.25, -0.2) is 10.2 Å². The van der Waals surface area contributed by atoms with Crippen molar-refractivity contribution in [2.24, 2.45) is 22.9 Å². The lowest BCUT2D eigenvalue weighted by Gasteiger charge is -2.54. The Hall–Kier alpha value is -1.10. The van der Waals surface area contributed by atoms with E-state index in [1.807, 2.05) is 0 Å². The number of rotatable bonds is 1. The Balaban J connectivity index is 1.83. The molecule has 0 aromatic rings. The Bertz CT molecular complexity index is 348. The quantitative estimate of drug-likeness (QED) is 0.585. The van der Waals surface area contributed by atoms with Gasteiger partial charge in [0.1, 0.15) is 0 Å². The fourth-order valence-corrected chi connectivity index (χ4v) is 4.02. The van der Waals surface area contributed by atoms with E-state index < -0.39 is 11.7 Å². The highest BCUT2D eigenvalue weighted by atomic mass is 16.4. The van der Waals surface area contributed by atoms with Crippen molar-refractivity contribution < 1.29 is 15.0 Å². The van der Waals surface area contributed by atoms with Crippen LogP contribution in [0.25, 0.3) is 0 Å². The van der Waals surface area contributed by atoms with Crippen LogP contribution in [0.3, 0.4) is 0 Å². The van der Waals surface area contributed by atoms with E-state index >= 15 is 0 Å². The molecule has 0 aromatic heterocycles. The topological polar surface area (TPSA) is 81.9 Å². The predicted octanol–water partition coefficient (Wildman–Crippen LogP) is 1.18. The maximum absolute atomic E-state index is 10.4. The second-order valence-electron chi connectivity index (χ2n) is 5.52. The Morgan fingerprint density at radius 1 is 1.31 bits per heavy atom. The van der Waals surface area contributed by atoms with Gasteiger partial charge in [-0.05, 0) is 38.0 Å². The molecular weight excluding hydrogens is 208 g/mol. The number of hydrazone groups is 1.